The number of ketones is 1. The first-order chi connectivity index (χ1) is 8.17. The highest BCUT2D eigenvalue weighted by molar-refractivity contribution is 9.19. The molecule has 1 aromatic carbocycles. The predicted octanol–water partition coefficient (Wildman–Crippen LogP) is 3.17. The summed E-state index contributed by atoms with van der Waals surface area (Å²) in [7, 11) is 0. The molecule has 0 aliphatic rings. The topological polar surface area (TPSA) is 50.7 Å². The summed E-state index contributed by atoms with van der Waals surface area (Å²) in [5.41, 5.74) is 3.56. The Bertz CT molecular complexity index is 404. The van der Waals surface area contributed by atoms with Crippen LogP contribution in [0.25, 0.3) is 0 Å². The van der Waals surface area contributed by atoms with E-state index in [1.165, 1.54) is 0 Å². The van der Waals surface area contributed by atoms with E-state index >= 15 is 0 Å². The van der Waals surface area contributed by atoms with Gasteiger partial charge in [0.15, 0.2) is 4.62 Å². The number of nitrogens with one attached hydrogen (secondary N) is 1. The molecule has 0 saturated heterocycles. The lowest BCUT2D eigenvalue weighted by molar-refractivity contribution is -0.110. The molecule has 0 heterocycles. The molecule has 0 saturated carbocycles. The Labute approximate surface area is 117 Å². The summed E-state index contributed by atoms with van der Waals surface area (Å²) >= 11 is 6.15. The van der Waals surface area contributed by atoms with Gasteiger partial charge in [-0.25, -0.2) is 0 Å². The molecule has 0 spiro atoms. The quantitative estimate of drug-likeness (QED) is 0.479. The van der Waals surface area contributed by atoms with Crippen LogP contribution in [0, 0.1) is 0 Å². The zero-order chi connectivity index (χ0) is 12.7. The van der Waals surface area contributed by atoms with Gasteiger partial charge >= 0.3 is 0 Å². The summed E-state index contributed by atoms with van der Waals surface area (Å²) < 4.78 is 5.56. The molecule has 0 aliphatic heterocycles. The third-order valence-electron chi connectivity index (χ3n) is 1.80. The first-order valence-electron chi connectivity index (χ1n) is 4.98. The van der Waals surface area contributed by atoms with Gasteiger partial charge in [-0.1, -0.05) is 15.9 Å². The van der Waals surface area contributed by atoms with E-state index in [0.29, 0.717) is 6.61 Å². The number of benzene rings is 1. The lowest BCUT2D eigenvalue weighted by Gasteiger charge is -2.04. The molecule has 0 amide bonds. The Hall–Kier alpha value is -0.880. The Kier molecular flexibility index (Phi) is 6.21. The van der Waals surface area contributed by atoms with Crippen molar-refractivity contribution in [3.63, 3.8) is 0 Å². The second-order valence-electron chi connectivity index (χ2n) is 3.03. The number of hydrazone groups is 1. The highest BCUT2D eigenvalue weighted by Crippen LogP contribution is 2.15. The van der Waals surface area contributed by atoms with Gasteiger partial charge in [0.1, 0.15) is 5.75 Å². The number of nitrogens with zero attached hydrogens (tertiary/aromatic N) is 1. The van der Waals surface area contributed by atoms with Gasteiger partial charge < -0.3 is 4.74 Å². The van der Waals surface area contributed by atoms with E-state index in [-0.39, 0.29) is 15.7 Å². The van der Waals surface area contributed by atoms with Gasteiger partial charge in [-0.05, 0) is 47.1 Å². The molecule has 0 aromatic heterocycles. The number of rotatable bonds is 6. The Morgan fingerprint density at radius 2 is 2.06 bits per heavy atom. The minimum absolute atomic E-state index is 0.122. The van der Waals surface area contributed by atoms with Crippen LogP contribution in [0.15, 0.2) is 29.4 Å². The monoisotopic (exact) mass is 362 g/mol. The van der Waals surface area contributed by atoms with Crippen molar-refractivity contribution in [2.75, 3.05) is 17.4 Å². The highest BCUT2D eigenvalue weighted by atomic mass is 79.9. The fourth-order valence-corrected chi connectivity index (χ4v) is 1.89. The molecule has 17 heavy (non-hydrogen) atoms. The number of carbonyl (C=O) groups is 1. The van der Waals surface area contributed by atoms with Crippen LogP contribution in [0.2, 0.25) is 0 Å². The zero-order valence-electron chi connectivity index (χ0n) is 9.24. The van der Waals surface area contributed by atoms with E-state index in [1.807, 2.05) is 31.2 Å². The second kappa shape index (κ2) is 7.45. The van der Waals surface area contributed by atoms with Gasteiger partial charge in [-0.3, -0.25) is 10.2 Å². The van der Waals surface area contributed by atoms with E-state index in [0.717, 1.165) is 11.4 Å². The minimum Gasteiger partial charge on any atom is -0.494 e. The summed E-state index contributed by atoms with van der Waals surface area (Å²) in [6, 6.07) is 7.32. The van der Waals surface area contributed by atoms with E-state index in [1.54, 1.807) is 0 Å². The van der Waals surface area contributed by atoms with Crippen LogP contribution in [-0.2, 0) is 4.79 Å². The van der Waals surface area contributed by atoms with Gasteiger partial charge in [-0.15, -0.1) is 0 Å². The van der Waals surface area contributed by atoms with Crippen LogP contribution in [0.4, 0.5) is 5.69 Å². The summed E-state index contributed by atoms with van der Waals surface area (Å²) in [5.74, 6) is 0.682. The van der Waals surface area contributed by atoms with Crippen LogP contribution in [0.1, 0.15) is 6.92 Å². The lowest BCUT2D eigenvalue weighted by atomic mass is 10.3. The summed E-state index contributed by atoms with van der Waals surface area (Å²) in [6.45, 7) is 2.57. The summed E-state index contributed by atoms with van der Waals surface area (Å²) in [4.78, 5) is 11.2. The van der Waals surface area contributed by atoms with Crippen molar-refractivity contribution in [3.8, 4) is 5.75 Å². The van der Waals surface area contributed by atoms with Gasteiger partial charge in [0.25, 0.3) is 0 Å². The summed E-state index contributed by atoms with van der Waals surface area (Å²) in [5, 5.41) is 4.14. The van der Waals surface area contributed by atoms with E-state index in [2.05, 4.69) is 42.4 Å². The maximum absolute atomic E-state index is 11.2. The number of ether oxygens (including phenoxy) is 1. The average Bonchev–Trinajstić information content (AvgIpc) is 2.37. The van der Waals surface area contributed by atoms with Crippen molar-refractivity contribution < 1.29 is 9.53 Å². The van der Waals surface area contributed by atoms with Crippen LogP contribution in [0.3, 0.4) is 0 Å². The molecule has 0 radical (unpaired) electrons. The van der Waals surface area contributed by atoms with Gasteiger partial charge in [0, 0.05) is 0 Å². The molecular weight excluding hydrogens is 352 g/mol. The SMILES string of the molecule is CCOc1ccc(N/N=C(/Br)C(=O)CBr)cc1. The van der Waals surface area contributed by atoms with Crippen molar-refractivity contribution in [2.45, 2.75) is 6.92 Å². The Morgan fingerprint density at radius 1 is 1.41 bits per heavy atom. The molecule has 4 nitrogen and oxygen atoms in total. The van der Waals surface area contributed by atoms with Crippen LogP contribution in [0.5, 0.6) is 5.75 Å². The first-order valence-corrected chi connectivity index (χ1v) is 6.90. The number of anilines is 1. The van der Waals surface area contributed by atoms with Crippen LogP contribution >= 0.6 is 31.9 Å². The molecule has 1 N–H and O–H groups in total. The third kappa shape index (κ3) is 4.87. The molecule has 1 aromatic rings. The molecule has 0 unspecified atom stereocenters. The third-order valence-corrected chi connectivity index (χ3v) is 2.93. The summed E-state index contributed by atoms with van der Waals surface area (Å²) in [6.07, 6.45) is 0. The Balaban J connectivity index is 2.60. The number of hydrogen-bond acceptors (Lipinski definition) is 4. The van der Waals surface area contributed by atoms with E-state index in [9.17, 15) is 4.79 Å². The molecule has 0 fully saturated rings. The molecule has 0 atom stereocenters. The van der Waals surface area contributed by atoms with Crippen molar-refractivity contribution in [1.82, 2.24) is 0 Å². The van der Waals surface area contributed by atoms with E-state index < -0.39 is 0 Å². The largest absolute Gasteiger partial charge is 0.494 e. The average molecular weight is 364 g/mol. The van der Waals surface area contributed by atoms with Crippen molar-refractivity contribution in [2.24, 2.45) is 5.10 Å². The number of alkyl halides is 1. The second-order valence-corrected chi connectivity index (χ2v) is 4.34. The van der Waals surface area contributed by atoms with E-state index in [4.69, 9.17) is 4.74 Å². The predicted molar refractivity (Wildman–Crippen MR) is 76.4 cm³/mol. The molecule has 92 valence electrons. The van der Waals surface area contributed by atoms with Gasteiger partial charge in [0.2, 0.25) is 5.78 Å². The van der Waals surface area contributed by atoms with Gasteiger partial charge in [0.05, 0.1) is 17.6 Å². The van der Waals surface area contributed by atoms with Crippen molar-refractivity contribution >= 4 is 48.0 Å². The molecule has 0 aliphatic carbocycles. The maximum atomic E-state index is 11.2. The normalized spacial score (nSPS) is 11.1. The lowest BCUT2D eigenvalue weighted by Crippen LogP contribution is -2.09. The molecule has 0 bridgehead atoms. The number of carbonyl (C=O) groups excluding carboxylic acids is 1. The zero-order valence-corrected chi connectivity index (χ0v) is 12.4. The van der Waals surface area contributed by atoms with Gasteiger partial charge in [-0.2, -0.15) is 5.10 Å². The maximum Gasteiger partial charge on any atom is 0.200 e. The number of Topliss-reactive ketones (excluding diaryl/α,β-unsaturated/α-hetero) is 1. The van der Waals surface area contributed by atoms with Crippen LogP contribution < -0.4 is 10.2 Å². The first kappa shape index (κ1) is 14.2. The number of halogens is 2. The van der Waals surface area contributed by atoms with Crippen LogP contribution in [-0.4, -0.2) is 22.3 Å². The molecule has 1 rings (SSSR count). The highest BCUT2D eigenvalue weighted by Gasteiger charge is 2.05. The standard InChI is InChI=1S/C11H12Br2N2O2/c1-2-17-9-5-3-8(4-6-9)14-15-11(13)10(16)7-12/h3-6,14H,2,7H2,1H3/b15-11+. The fraction of sp³-hybridized carbons (Fsp3) is 0.273. The fourth-order valence-electron chi connectivity index (χ4n) is 1.02. The molecule has 6 heteroatoms. The molecular formula is C11H12Br2N2O2. The van der Waals surface area contributed by atoms with Crippen molar-refractivity contribution in [3.05, 3.63) is 24.3 Å². The Morgan fingerprint density at radius 3 is 2.59 bits per heavy atom. The number of hydrogen-bond donors (Lipinski definition) is 1. The van der Waals surface area contributed by atoms with Crippen molar-refractivity contribution in [1.29, 1.82) is 0 Å². The smallest absolute Gasteiger partial charge is 0.200 e. The minimum atomic E-state index is -0.122.